The number of hydrogen-bond donors (Lipinski definition) is 2. The number of hydrogen-bond acceptors (Lipinski definition) is 5. The van der Waals surface area contributed by atoms with Gasteiger partial charge in [-0.2, -0.15) is 13.2 Å². The number of benzene rings is 2. The number of alkyl halides is 3. The van der Waals surface area contributed by atoms with Gasteiger partial charge in [-0.25, -0.2) is 0 Å². The fraction of sp³-hybridized carbons (Fsp3) is 0.364. The topological polar surface area (TPSA) is 102 Å². The molecule has 2 amide bonds. The zero-order valence-electron chi connectivity index (χ0n) is 17.4. The summed E-state index contributed by atoms with van der Waals surface area (Å²) in [5.41, 5.74) is 11.6. The molecule has 2 aliphatic rings. The average molecular weight is 448 g/mol. The van der Waals surface area contributed by atoms with Crippen molar-refractivity contribution in [3.05, 3.63) is 58.7 Å². The lowest BCUT2D eigenvalue weighted by atomic mass is 10.0. The predicted octanol–water partition coefficient (Wildman–Crippen LogP) is 2.54. The van der Waals surface area contributed by atoms with Crippen LogP contribution in [0.5, 0.6) is 0 Å². The van der Waals surface area contributed by atoms with Crippen molar-refractivity contribution in [2.75, 3.05) is 37.6 Å². The first-order valence-corrected chi connectivity index (χ1v) is 10.1. The molecule has 0 aliphatic carbocycles. The van der Waals surface area contributed by atoms with Gasteiger partial charge in [0.25, 0.3) is 11.8 Å². The van der Waals surface area contributed by atoms with Crippen LogP contribution < -0.4 is 11.5 Å². The van der Waals surface area contributed by atoms with E-state index >= 15 is 0 Å². The molecule has 2 bridgehead atoms. The van der Waals surface area contributed by atoms with Crippen LogP contribution in [0, 0.1) is 6.92 Å². The first-order valence-electron chi connectivity index (χ1n) is 10.1. The zero-order chi connectivity index (χ0) is 23.2. The van der Waals surface area contributed by atoms with Gasteiger partial charge in [0.1, 0.15) is 0 Å². The number of nitrogens with two attached hydrogens (primary N) is 2. The van der Waals surface area contributed by atoms with Crippen LogP contribution in [-0.2, 0) is 10.9 Å². The van der Waals surface area contributed by atoms with E-state index in [1.807, 2.05) is 6.92 Å². The number of anilines is 2. The van der Waals surface area contributed by atoms with Crippen LogP contribution in [0.3, 0.4) is 0 Å². The maximum atomic E-state index is 13.2. The summed E-state index contributed by atoms with van der Waals surface area (Å²) in [5, 5.41) is 0. The van der Waals surface area contributed by atoms with Crippen LogP contribution >= 0.6 is 0 Å². The van der Waals surface area contributed by atoms with Gasteiger partial charge in [-0.15, -0.1) is 0 Å². The number of halogens is 3. The van der Waals surface area contributed by atoms with E-state index in [2.05, 4.69) is 0 Å². The molecule has 2 fully saturated rings. The first-order chi connectivity index (χ1) is 15.0. The quantitative estimate of drug-likeness (QED) is 0.688. The van der Waals surface area contributed by atoms with Crippen LogP contribution in [0.1, 0.15) is 31.8 Å². The summed E-state index contributed by atoms with van der Waals surface area (Å²) < 4.78 is 45.4. The van der Waals surface area contributed by atoms with E-state index < -0.39 is 35.5 Å². The van der Waals surface area contributed by atoms with Crippen LogP contribution in [-0.4, -0.2) is 60.0 Å². The lowest BCUT2D eigenvalue weighted by Crippen LogP contribution is -2.61. The van der Waals surface area contributed by atoms with E-state index in [0.717, 1.165) is 17.7 Å². The Hall–Kier alpha value is -3.27. The molecule has 2 aromatic rings. The fourth-order valence-electron chi connectivity index (χ4n) is 4.13. The Morgan fingerprint density at radius 3 is 1.81 bits per heavy atom. The van der Waals surface area contributed by atoms with Crippen molar-refractivity contribution in [1.29, 1.82) is 0 Å². The van der Waals surface area contributed by atoms with Crippen molar-refractivity contribution in [3.8, 4) is 0 Å². The highest BCUT2D eigenvalue weighted by Crippen LogP contribution is 2.34. The Kier molecular flexibility index (Phi) is 5.49. The van der Waals surface area contributed by atoms with Crippen molar-refractivity contribution in [2.45, 2.75) is 25.3 Å². The summed E-state index contributed by atoms with van der Waals surface area (Å²) in [5.74, 6) is -0.678. The summed E-state index contributed by atoms with van der Waals surface area (Å²) in [6.07, 6.45) is -5.51. The van der Waals surface area contributed by atoms with E-state index in [-0.39, 0.29) is 37.6 Å². The number of rotatable bonds is 2. The molecular weight excluding hydrogens is 425 g/mol. The molecule has 0 aromatic heterocycles. The molecule has 2 aliphatic heterocycles. The van der Waals surface area contributed by atoms with Gasteiger partial charge in [0.2, 0.25) is 0 Å². The summed E-state index contributed by atoms with van der Waals surface area (Å²) >= 11 is 0. The zero-order valence-corrected chi connectivity index (χ0v) is 17.4. The van der Waals surface area contributed by atoms with Crippen LogP contribution in [0.25, 0.3) is 0 Å². The highest BCUT2D eigenvalue weighted by atomic mass is 19.4. The number of fused-ring (bicyclic) bond motifs is 2. The minimum Gasteiger partial charge on any atom is -0.399 e. The highest BCUT2D eigenvalue weighted by molar-refractivity contribution is 5.96. The number of carbonyl (C=O) groups excluding carboxylic acids is 2. The molecule has 32 heavy (non-hydrogen) atoms. The lowest BCUT2D eigenvalue weighted by molar-refractivity contribution is -0.137. The predicted molar refractivity (Wildman–Crippen MR) is 112 cm³/mol. The van der Waals surface area contributed by atoms with Gasteiger partial charge in [-0.3, -0.25) is 9.59 Å². The third kappa shape index (κ3) is 4.22. The molecule has 0 spiro atoms. The van der Waals surface area contributed by atoms with Crippen molar-refractivity contribution in [1.82, 2.24) is 9.80 Å². The molecule has 2 heterocycles. The molecule has 0 radical (unpaired) electrons. The smallest absolute Gasteiger partial charge is 0.399 e. The van der Waals surface area contributed by atoms with Gasteiger partial charge in [0.05, 0.1) is 17.8 Å². The number of nitrogen functional groups attached to an aromatic ring is 2. The Bertz CT molecular complexity index is 1060. The second-order valence-corrected chi connectivity index (χ2v) is 8.17. The number of ether oxygens (including phenoxy) is 1. The van der Waals surface area contributed by atoms with Crippen LogP contribution in [0.15, 0.2) is 36.4 Å². The van der Waals surface area contributed by atoms with Gasteiger partial charge in [0.15, 0.2) is 0 Å². The number of carbonyl (C=O) groups is 2. The second kappa shape index (κ2) is 8.01. The number of nitrogens with zero attached hydrogens (tertiary/aromatic N) is 2. The van der Waals surface area contributed by atoms with Gasteiger partial charge < -0.3 is 26.0 Å². The Labute approximate surface area is 182 Å². The molecule has 7 nitrogen and oxygen atoms in total. The number of aryl methyl sites for hydroxylation is 1. The Balaban J connectivity index is 1.47. The van der Waals surface area contributed by atoms with E-state index in [1.165, 1.54) is 11.0 Å². The summed E-state index contributed by atoms with van der Waals surface area (Å²) in [7, 11) is 0. The molecule has 4 rings (SSSR count). The third-order valence-corrected chi connectivity index (χ3v) is 5.78. The minimum atomic E-state index is -4.65. The molecule has 0 saturated carbocycles. The monoisotopic (exact) mass is 448 g/mol. The number of amides is 2. The summed E-state index contributed by atoms with van der Waals surface area (Å²) in [6, 6.07) is 8.25. The average Bonchev–Trinajstić information content (AvgIpc) is 2.73. The van der Waals surface area contributed by atoms with Gasteiger partial charge >= 0.3 is 6.18 Å². The molecule has 2 atom stereocenters. The maximum Gasteiger partial charge on any atom is 0.418 e. The largest absolute Gasteiger partial charge is 0.418 e. The van der Waals surface area contributed by atoms with Gasteiger partial charge in [-0.05, 0) is 48.9 Å². The SMILES string of the molecule is Cc1cc(C(=O)N2CC3CN(C(=O)c4ccc(N)c(C(F)(F)F)c4)CC(C2)O3)ccc1N. The molecule has 2 unspecified atom stereocenters. The minimum absolute atomic E-state index is 0.0863. The van der Waals surface area contributed by atoms with Crippen molar-refractivity contribution in [2.24, 2.45) is 0 Å². The van der Waals surface area contributed by atoms with E-state index in [9.17, 15) is 22.8 Å². The van der Waals surface area contributed by atoms with E-state index in [1.54, 1.807) is 23.1 Å². The van der Waals surface area contributed by atoms with Crippen molar-refractivity contribution in [3.63, 3.8) is 0 Å². The van der Waals surface area contributed by atoms with E-state index in [0.29, 0.717) is 11.3 Å². The summed E-state index contributed by atoms with van der Waals surface area (Å²) in [6.45, 7) is 2.72. The van der Waals surface area contributed by atoms with E-state index in [4.69, 9.17) is 16.2 Å². The normalized spacial score (nSPS) is 20.9. The second-order valence-electron chi connectivity index (χ2n) is 8.17. The molecule has 4 N–H and O–H groups in total. The number of morpholine rings is 2. The Morgan fingerprint density at radius 2 is 1.34 bits per heavy atom. The molecular formula is C22H23F3N4O3. The van der Waals surface area contributed by atoms with Crippen molar-refractivity contribution < 1.29 is 27.5 Å². The highest BCUT2D eigenvalue weighted by Gasteiger charge is 2.39. The van der Waals surface area contributed by atoms with Gasteiger partial charge in [0, 0.05) is 48.7 Å². The fourth-order valence-corrected chi connectivity index (χ4v) is 4.13. The van der Waals surface area contributed by atoms with Gasteiger partial charge in [-0.1, -0.05) is 0 Å². The molecule has 2 aromatic carbocycles. The molecule has 170 valence electrons. The maximum absolute atomic E-state index is 13.2. The first kappa shape index (κ1) is 21.9. The van der Waals surface area contributed by atoms with Crippen LogP contribution in [0.2, 0.25) is 0 Å². The lowest BCUT2D eigenvalue weighted by Gasteiger charge is -2.45. The summed E-state index contributed by atoms with van der Waals surface area (Å²) in [4.78, 5) is 29.0. The molecule has 10 heteroatoms. The van der Waals surface area contributed by atoms with Crippen molar-refractivity contribution >= 4 is 23.2 Å². The standard InChI is InChI=1S/C22H23F3N4O3/c1-12-6-13(2-4-18(12)26)20(30)28-8-15-10-29(11-16(9-28)32-15)21(31)14-3-5-19(27)17(7-14)22(23,24)25/h2-7,15-16H,8-11,26-27H2,1H3. The third-order valence-electron chi connectivity index (χ3n) is 5.78. The Morgan fingerprint density at radius 1 is 0.875 bits per heavy atom. The molecule has 2 saturated heterocycles. The van der Waals surface area contributed by atoms with Crippen LogP contribution in [0.4, 0.5) is 24.5 Å².